The maximum absolute atomic E-state index is 14.5. The Balaban J connectivity index is 3.48. The maximum atomic E-state index is 14.5. The number of unbranched alkanes of at least 4 members (excludes halogenated alkanes) is 5. The highest BCUT2D eigenvalue weighted by Crippen LogP contribution is 2.17. The topological polar surface area (TPSA) is 601 Å². The quantitative estimate of drug-likeness (QED) is 0.0362. The molecule has 666 valence electrons. The second-order valence-corrected chi connectivity index (χ2v) is 32.7. The lowest BCUT2D eigenvalue weighted by Crippen LogP contribution is -2.60. The summed E-state index contributed by atoms with van der Waals surface area (Å²) in [7, 11) is 0. The number of rotatable bonds is 61. The van der Waals surface area contributed by atoms with Crippen LogP contribution in [0.2, 0.25) is 0 Å². The van der Waals surface area contributed by atoms with Gasteiger partial charge in [0.25, 0.3) is 0 Å². The van der Waals surface area contributed by atoms with E-state index in [0.29, 0.717) is 70.8 Å². The Hall–Kier alpha value is -8.97. The van der Waals surface area contributed by atoms with Gasteiger partial charge in [-0.3, -0.25) is 67.1 Å². The van der Waals surface area contributed by atoms with Crippen molar-refractivity contribution in [3.63, 3.8) is 0 Å². The van der Waals surface area contributed by atoms with Crippen molar-refractivity contribution >= 4 is 88.7 Å². The van der Waals surface area contributed by atoms with Gasteiger partial charge in [-0.25, -0.2) is 4.79 Å². The molecule has 0 aliphatic carbocycles. The first-order valence-electron chi connectivity index (χ1n) is 41.9. The van der Waals surface area contributed by atoms with Crippen LogP contribution in [0.1, 0.15) is 231 Å². The third-order valence-corrected chi connectivity index (χ3v) is 19.2. The van der Waals surface area contributed by atoms with Crippen LogP contribution in [-0.2, 0) is 78.3 Å². The van der Waals surface area contributed by atoms with E-state index in [-0.39, 0.29) is 126 Å². The van der Waals surface area contributed by atoms with E-state index in [4.69, 9.17) is 34.4 Å². The fourth-order valence-electron chi connectivity index (χ4n) is 12.6. The van der Waals surface area contributed by atoms with Crippen LogP contribution in [0.25, 0.3) is 0 Å². The summed E-state index contributed by atoms with van der Waals surface area (Å²) in [5.74, 6) is -12.6. The third-order valence-electron chi connectivity index (χ3n) is 19.2. The van der Waals surface area contributed by atoms with Crippen molar-refractivity contribution in [1.29, 1.82) is 0 Å². The zero-order chi connectivity index (χ0) is 88.6. The van der Waals surface area contributed by atoms with Crippen LogP contribution >= 0.6 is 0 Å². The summed E-state index contributed by atoms with van der Waals surface area (Å²) in [6.45, 7) is 24.9. The first-order chi connectivity index (χ1) is 55.1. The number of hydrogen-bond acceptors (Lipinski definition) is 21. The van der Waals surface area contributed by atoms with E-state index in [9.17, 15) is 77.0 Å². The molecule has 0 aliphatic rings. The van der Waals surface area contributed by atoms with Gasteiger partial charge in [-0.05, 0) is 230 Å². The fraction of sp³-hybridized carbons (Fsp3) is 0.741. The fourth-order valence-corrected chi connectivity index (χ4v) is 12.6. The van der Waals surface area contributed by atoms with Crippen LogP contribution in [0, 0.1) is 29.6 Å². The van der Waals surface area contributed by atoms with Gasteiger partial charge in [-0.15, -0.1) is 0 Å². The molecule has 36 nitrogen and oxygen atoms in total. The minimum atomic E-state index is -1.35. The zero-order valence-electron chi connectivity index (χ0n) is 71.9. The molecule has 0 radical (unpaired) electrons. The number of aliphatic carboxylic acids is 1. The van der Waals surface area contributed by atoms with Gasteiger partial charge in [0.1, 0.15) is 84.6 Å². The molecule has 0 aliphatic heterocycles. The van der Waals surface area contributed by atoms with Crippen molar-refractivity contribution in [3.05, 3.63) is 35.9 Å². The maximum Gasteiger partial charge on any atom is 0.326 e. The molecule has 0 fully saturated rings. The van der Waals surface area contributed by atoms with Gasteiger partial charge < -0.3 is 114 Å². The molecule has 117 heavy (non-hydrogen) atoms. The molecule has 0 aromatic heterocycles. The monoisotopic (exact) mass is 1660 g/mol. The summed E-state index contributed by atoms with van der Waals surface area (Å²) < 4.78 is 0. The third kappa shape index (κ3) is 43.9. The summed E-state index contributed by atoms with van der Waals surface area (Å²) >= 11 is 0. The molecule has 0 heterocycles. The highest BCUT2D eigenvalue weighted by molar-refractivity contribution is 6.00. The normalized spacial score (nSPS) is 15.3. The highest BCUT2D eigenvalue weighted by Gasteiger charge is 2.38. The average Bonchev–Trinajstić information content (AvgIpc) is 0.863. The van der Waals surface area contributed by atoms with E-state index in [1.807, 2.05) is 71.9 Å². The van der Waals surface area contributed by atoms with Crippen molar-refractivity contribution in [2.45, 2.75) is 322 Å². The smallest absolute Gasteiger partial charge is 0.326 e. The molecule has 0 unspecified atom stereocenters. The van der Waals surface area contributed by atoms with Crippen LogP contribution in [0.4, 0.5) is 0 Å². The first-order valence-corrected chi connectivity index (χ1v) is 41.9. The van der Waals surface area contributed by atoms with Crippen molar-refractivity contribution in [3.8, 4) is 0 Å². The van der Waals surface area contributed by atoms with Crippen molar-refractivity contribution in [2.24, 2.45) is 64.0 Å². The van der Waals surface area contributed by atoms with Crippen LogP contribution in [0.3, 0.4) is 0 Å². The van der Waals surface area contributed by atoms with E-state index >= 15 is 0 Å². The van der Waals surface area contributed by atoms with Gasteiger partial charge in [0, 0.05) is 0 Å². The molecular formula is C81H146N20O16. The Morgan fingerprint density at radius 3 is 0.667 bits per heavy atom. The number of carbonyl (C=O) groups is 15. The van der Waals surface area contributed by atoms with Gasteiger partial charge in [0.2, 0.25) is 82.7 Å². The molecule has 0 saturated carbocycles. The van der Waals surface area contributed by atoms with Crippen LogP contribution in [0.15, 0.2) is 30.3 Å². The van der Waals surface area contributed by atoms with Gasteiger partial charge >= 0.3 is 5.97 Å². The Kier molecular flexibility index (Phi) is 52.6. The molecule has 27 N–H and O–H groups in total. The molecule has 15 atom stereocenters. The predicted octanol–water partition coefficient (Wildman–Crippen LogP) is -0.617. The Bertz CT molecular complexity index is 3260. The van der Waals surface area contributed by atoms with E-state index in [0.717, 1.165) is 5.56 Å². The molecule has 0 spiro atoms. The molecule has 1 aromatic rings. The van der Waals surface area contributed by atoms with Crippen molar-refractivity contribution in [2.75, 3.05) is 32.7 Å². The Labute approximate surface area is 692 Å². The van der Waals surface area contributed by atoms with Gasteiger partial charge in [0.15, 0.2) is 0 Å². The van der Waals surface area contributed by atoms with Crippen LogP contribution < -0.4 is 109 Å². The summed E-state index contributed by atoms with van der Waals surface area (Å²) in [5.41, 5.74) is 36.2. The van der Waals surface area contributed by atoms with Gasteiger partial charge in [-0.1, -0.05) is 99.6 Å². The summed E-state index contributed by atoms with van der Waals surface area (Å²) in [6.07, 6.45) is 5.05. The lowest BCUT2D eigenvalue weighted by Gasteiger charge is -2.29. The molecule has 0 bridgehead atoms. The van der Waals surface area contributed by atoms with Crippen molar-refractivity contribution < 1.29 is 77.0 Å². The van der Waals surface area contributed by atoms with Crippen LogP contribution in [-0.4, -0.2) is 217 Å². The van der Waals surface area contributed by atoms with E-state index in [2.05, 4.69) is 74.4 Å². The number of carbonyl (C=O) groups excluding carboxylic acids is 14. The summed E-state index contributed by atoms with van der Waals surface area (Å²) in [6, 6.07) is -9.41. The Morgan fingerprint density at radius 2 is 0.444 bits per heavy atom. The lowest BCUT2D eigenvalue weighted by atomic mass is 9.99. The predicted molar refractivity (Wildman–Crippen MR) is 447 cm³/mol. The van der Waals surface area contributed by atoms with Crippen molar-refractivity contribution in [1.82, 2.24) is 74.4 Å². The number of amides is 14. The largest absolute Gasteiger partial charge is 0.480 e. The second-order valence-electron chi connectivity index (χ2n) is 32.7. The number of nitrogens with two attached hydrogens (primary N) is 6. The SMILES string of the molecule is CC(C)C[C@H](NC(=O)[C@H](C)NC(=O)[C@H](CC(C)C)NC(=O)[C@H](CC(C)C)NC(=O)[C@H](CCCCN)NC(=O)[C@H](CCCCN)NC(=O)[C@H](C)NC(=O)[C@H](CC(C)C)NC(=O)[C@H](CCCCN)NC(=O)[C@H](C)NC(=O)[C@H](CC(C)C)NC(=O)[C@H](CCCCN)NC(=O)[C@H](CCCCN)NC(=O)[C@H](C)NC(=O)[C@@H](N)Cc1ccccc1)C(=O)O. The average molecular weight is 1660 g/mol. The summed E-state index contributed by atoms with van der Waals surface area (Å²) in [5, 5.41) is 47.3. The minimum absolute atomic E-state index is 0.0295. The summed E-state index contributed by atoms with van der Waals surface area (Å²) in [4.78, 5) is 209. The molecular weight excluding hydrogens is 1510 g/mol. The Morgan fingerprint density at radius 1 is 0.256 bits per heavy atom. The van der Waals surface area contributed by atoms with E-state index in [1.54, 1.807) is 27.7 Å². The van der Waals surface area contributed by atoms with Crippen LogP contribution in [0.5, 0.6) is 0 Å². The zero-order valence-corrected chi connectivity index (χ0v) is 71.9. The highest BCUT2D eigenvalue weighted by atomic mass is 16.4. The molecule has 14 amide bonds. The number of hydrogen-bond donors (Lipinski definition) is 21. The van der Waals surface area contributed by atoms with E-state index < -0.39 is 179 Å². The number of benzene rings is 1. The molecule has 1 rings (SSSR count). The van der Waals surface area contributed by atoms with Gasteiger partial charge in [-0.2, -0.15) is 0 Å². The van der Waals surface area contributed by atoms with Gasteiger partial charge in [0.05, 0.1) is 6.04 Å². The first kappa shape index (κ1) is 106. The minimum Gasteiger partial charge on any atom is -0.480 e. The second kappa shape index (κ2) is 58.0. The lowest BCUT2D eigenvalue weighted by molar-refractivity contribution is -0.142. The number of nitrogens with one attached hydrogen (secondary N) is 14. The van der Waals surface area contributed by atoms with E-state index in [1.165, 1.54) is 27.7 Å². The molecule has 0 saturated heterocycles. The standard InChI is InChI=1S/C81H146N20O16/c1-46(2)40-62(77(112)89-52(12)68(103)93-58(31-19-24-36-83)73(108)96-61(34-22-27-39-86)76(111)99-65(43-49(7)8)80(115)100-64(42-48(5)6)79(114)91-54(14)70(105)101-66(81(116)117)44-50(9)10)97-74(109)59(32-20-25-37-84)94-69(104)53(13)90-78(113)63(41-47(3)4)98-75(110)60(33-21-26-38-85)95-72(107)57(30-18-23-35-82)92-67(102)51(11)88-71(106)56(87)45-55-28-16-15-17-29-55/h15-17,28-29,46-54,56-66H,18-27,30-45,82-87H2,1-14H3,(H,88,106)(H,89,112)(H,90,113)(H,91,114)(H,92,102)(H,93,103)(H,94,104)(H,95,107)(H,96,108)(H,97,109)(H,98,110)(H,99,111)(H,100,115)(H,101,105)(H,116,117)/t51-,52-,53-,54-,56-,57-,58-,59-,60-,61-,62-,63-,64-,65-,66-/m0/s1. The molecule has 36 heteroatoms. The number of carboxylic acids is 1. The molecule has 1 aromatic carbocycles. The number of carboxylic acid groups (broad SMARTS) is 1.